The van der Waals surface area contributed by atoms with Gasteiger partial charge in [-0.2, -0.15) is 0 Å². The number of anilines is 1. The van der Waals surface area contributed by atoms with Gasteiger partial charge in [-0.15, -0.1) is 0 Å². The number of aromatic nitrogens is 2. The minimum atomic E-state index is 0.632. The first-order chi connectivity index (χ1) is 5.92. The summed E-state index contributed by atoms with van der Waals surface area (Å²) in [6, 6.07) is 0. The van der Waals surface area contributed by atoms with Crippen LogP contribution in [0, 0.1) is 0 Å². The molecule has 64 valence electrons. The third-order valence-corrected chi connectivity index (χ3v) is 1.95. The summed E-state index contributed by atoms with van der Waals surface area (Å²) in [6.45, 7) is 4.28. The number of hydrogen-bond donors (Lipinski definition) is 0. The summed E-state index contributed by atoms with van der Waals surface area (Å²) >= 11 is 0. The summed E-state index contributed by atoms with van der Waals surface area (Å²) in [5.74, 6) is 1.01. The molecule has 1 aromatic heterocycles. The third kappa shape index (κ3) is 1.14. The van der Waals surface area contributed by atoms with Crippen LogP contribution in [0.4, 0.5) is 5.82 Å². The molecule has 0 fully saturated rings. The van der Waals surface area contributed by atoms with Gasteiger partial charge in [-0.3, -0.25) is 0 Å². The molecule has 0 aromatic carbocycles. The first-order valence-corrected chi connectivity index (χ1v) is 4.03. The number of fused-ring (bicyclic) bond motifs is 1. The van der Waals surface area contributed by atoms with Gasteiger partial charge in [0.15, 0.2) is 0 Å². The van der Waals surface area contributed by atoms with E-state index in [0.29, 0.717) is 13.3 Å². The zero-order valence-electron chi connectivity index (χ0n) is 7.03. The van der Waals surface area contributed by atoms with Crippen LogP contribution >= 0.6 is 0 Å². The molecule has 0 saturated carbocycles. The van der Waals surface area contributed by atoms with E-state index in [2.05, 4.69) is 21.8 Å². The van der Waals surface area contributed by atoms with Crippen LogP contribution in [0.2, 0.25) is 0 Å². The lowest BCUT2D eigenvalue weighted by molar-refractivity contribution is 0.109. The lowest BCUT2D eigenvalue weighted by Crippen LogP contribution is -2.31. The summed E-state index contributed by atoms with van der Waals surface area (Å²) in [4.78, 5) is 10.2. The van der Waals surface area contributed by atoms with Gasteiger partial charge >= 0.3 is 0 Å². The molecule has 0 radical (unpaired) electrons. The highest BCUT2D eigenvalue weighted by Crippen LogP contribution is 2.20. The molecular weight excluding hydrogens is 154 g/mol. The average Bonchev–Trinajstić information content (AvgIpc) is 2.17. The second-order valence-electron chi connectivity index (χ2n) is 2.71. The minimum absolute atomic E-state index is 0.632. The monoisotopic (exact) mass is 165 g/mol. The van der Waals surface area contributed by atoms with Gasteiger partial charge < -0.3 is 9.64 Å². The fourth-order valence-corrected chi connectivity index (χ4v) is 1.31. The number of nitrogens with zero attached hydrogens (tertiary/aromatic N) is 3. The normalized spacial score (nSPS) is 15.9. The zero-order chi connectivity index (χ0) is 8.39. The van der Waals surface area contributed by atoms with Crippen LogP contribution in [-0.2, 0) is 11.3 Å². The molecule has 0 N–H and O–H groups in total. The maximum absolute atomic E-state index is 5.35. The molecule has 1 aliphatic heterocycles. The van der Waals surface area contributed by atoms with Gasteiger partial charge in [0.2, 0.25) is 0 Å². The van der Waals surface area contributed by atoms with Crippen molar-refractivity contribution in [3.05, 3.63) is 18.1 Å². The second-order valence-corrected chi connectivity index (χ2v) is 2.71. The van der Waals surface area contributed by atoms with Gasteiger partial charge in [-0.25, -0.2) is 9.97 Å². The van der Waals surface area contributed by atoms with Crippen molar-refractivity contribution in [3.8, 4) is 0 Å². The Balaban J connectivity index is 2.37. The smallest absolute Gasteiger partial charge is 0.139 e. The van der Waals surface area contributed by atoms with Gasteiger partial charge in [0.1, 0.15) is 18.9 Å². The molecule has 0 amide bonds. The standard InChI is InChI=1S/C8H11N3O/c1-2-11-6-12-4-7-3-9-5-10-8(7)11/h3,5H,2,4,6H2,1H3. The van der Waals surface area contributed by atoms with Gasteiger partial charge in [-0.1, -0.05) is 0 Å². The zero-order valence-corrected chi connectivity index (χ0v) is 7.03. The van der Waals surface area contributed by atoms with E-state index in [0.717, 1.165) is 17.9 Å². The van der Waals surface area contributed by atoms with E-state index in [9.17, 15) is 0 Å². The van der Waals surface area contributed by atoms with Crippen molar-refractivity contribution in [3.63, 3.8) is 0 Å². The van der Waals surface area contributed by atoms with E-state index in [-0.39, 0.29) is 0 Å². The maximum Gasteiger partial charge on any atom is 0.139 e. The molecule has 0 aliphatic carbocycles. The molecule has 4 heteroatoms. The Morgan fingerprint density at radius 3 is 3.42 bits per heavy atom. The van der Waals surface area contributed by atoms with E-state index >= 15 is 0 Å². The number of ether oxygens (including phenoxy) is 1. The first-order valence-electron chi connectivity index (χ1n) is 4.03. The molecule has 0 atom stereocenters. The predicted molar refractivity (Wildman–Crippen MR) is 44.7 cm³/mol. The second kappa shape index (κ2) is 3.06. The summed E-state index contributed by atoms with van der Waals surface area (Å²) in [5.41, 5.74) is 1.07. The Hall–Kier alpha value is -1.16. The highest BCUT2D eigenvalue weighted by atomic mass is 16.5. The van der Waals surface area contributed by atoms with E-state index in [1.54, 1.807) is 6.33 Å². The third-order valence-electron chi connectivity index (χ3n) is 1.95. The van der Waals surface area contributed by atoms with Crippen LogP contribution in [0.5, 0.6) is 0 Å². The molecule has 0 spiro atoms. The molecular formula is C8H11N3O. The number of hydrogen-bond acceptors (Lipinski definition) is 4. The lowest BCUT2D eigenvalue weighted by Gasteiger charge is -2.27. The topological polar surface area (TPSA) is 38.2 Å². The Bertz CT molecular complexity index is 277. The molecule has 0 bridgehead atoms. The number of rotatable bonds is 1. The SMILES string of the molecule is CCN1COCc2cncnc21. The Morgan fingerprint density at radius 1 is 1.67 bits per heavy atom. The van der Waals surface area contributed by atoms with Crippen LogP contribution in [0.3, 0.4) is 0 Å². The Labute approximate surface area is 71.2 Å². The van der Waals surface area contributed by atoms with Crippen molar-refractivity contribution in [2.75, 3.05) is 18.2 Å². The fraction of sp³-hybridized carbons (Fsp3) is 0.500. The lowest BCUT2D eigenvalue weighted by atomic mass is 10.3. The van der Waals surface area contributed by atoms with Crippen molar-refractivity contribution >= 4 is 5.82 Å². The van der Waals surface area contributed by atoms with Gasteiger partial charge in [0, 0.05) is 18.3 Å². The Morgan fingerprint density at radius 2 is 2.58 bits per heavy atom. The van der Waals surface area contributed by atoms with Crippen LogP contribution < -0.4 is 4.90 Å². The molecule has 1 aromatic rings. The highest BCUT2D eigenvalue weighted by molar-refractivity contribution is 5.45. The highest BCUT2D eigenvalue weighted by Gasteiger charge is 2.16. The largest absolute Gasteiger partial charge is 0.356 e. The minimum Gasteiger partial charge on any atom is -0.356 e. The van der Waals surface area contributed by atoms with Crippen LogP contribution in [0.25, 0.3) is 0 Å². The fourth-order valence-electron chi connectivity index (χ4n) is 1.31. The van der Waals surface area contributed by atoms with Crippen LogP contribution in [-0.4, -0.2) is 23.2 Å². The molecule has 2 rings (SSSR count). The van der Waals surface area contributed by atoms with E-state index in [4.69, 9.17) is 4.74 Å². The van der Waals surface area contributed by atoms with Gasteiger partial charge in [0.05, 0.1) is 6.61 Å². The summed E-state index contributed by atoms with van der Waals surface area (Å²) in [6.07, 6.45) is 3.39. The van der Waals surface area contributed by atoms with Crippen molar-refractivity contribution in [1.82, 2.24) is 9.97 Å². The molecule has 2 heterocycles. The summed E-state index contributed by atoms with van der Waals surface area (Å²) < 4.78 is 5.35. The van der Waals surface area contributed by atoms with Crippen LogP contribution in [0.1, 0.15) is 12.5 Å². The molecule has 4 nitrogen and oxygen atoms in total. The molecule has 12 heavy (non-hydrogen) atoms. The Kier molecular flexibility index (Phi) is 1.91. The van der Waals surface area contributed by atoms with E-state index in [1.165, 1.54) is 0 Å². The summed E-state index contributed by atoms with van der Waals surface area (Å²) in [5, 5.41) is 0. The molecule has 0 unspecified atom stereocenters. The van der Waals surface area contributed by atoms with Crippen molar-refractivity contribution in [2.24, 2.45) is 0 Å². The van der Waals surface area contributed by atoms with Crippen molar-refractivity contribution in [2.45, 2.75) is 13.5 Å². The first kappa shape index (κ1) is 7.49. The average molecular weight is 165 g/mol. The predicted octanol–water partition coefficient (Wildman–Crippen LogP) is 0.791. The van der Waals surface area contributed by atoms with E-state index in [1.807, 2.05) is 6.20 Å². The molecule has 1 aliphatic rings. The van der Waals surface area contributed by atoms with Crippen LogP contribution in [0.15, 0.2) is 12.5 Å². The summed E-state index contributed by atoms with van der Waals surface area (Å²) in [7, 11) is 0. The molecule has 0 saturated heterocycles. The quantitative estimate of drug-likeness (QED) is 0.616. The maximum atomic E-state index is 5.35. The van der Waals surface area contributed by atoms with Gasteiger partial charge in [-0.05, 0) is 6.92 Å². The van der Waals surface area contributed by atoms with Gasteiger partial charge in [0.25, 0.3) is 0 Å². The van der Waals surface area contributed by atoms with Crippen molar-refractivity contribution in [1.29, 1.82) is 0 Å². The van der Waals surface area contributed by atoms with E-state index < -0.39 is 0 Å². The van der Waals surface area contributed by atoms with Crippen molar-refractivity contribution < 1.29 is 4.74 Å².